The summed E-state index contributed by atoms with van der Waals surface area (Å²) in [5, 5.41) is 2.62. The van der Waals surface area contributed by atoms with Gasteiger partial charge in [0.1, 0.15) is 13.2 Å². The van der Waals surface area contributed by atoms with Gasteiger partial charge < -0.3 is 19.5 Å². The highest BCUT2D eigenvalue weighted by Gasteiger charge is 2.23. The fourth-order valence-electron chi connectivity index (χ4n) is 2.64. The number of carbonyl (C=O) groups is 2. The zero-order valence-electron chi connectivity index (χ0n) is 16.1. The maximum absolute atomic E-state index is 12.5. The van der Waals surface area contributed by atoms with Gasteiger partial charge in [-0.25, -0.2) is 8.42 Å². The van der Waals surface area contributed by atoms with Crippen LogP contribution < -0.4 is 14.8 Å². The van der Waals surface area contributed by atoms with Crippen molar-refractivity contribution in [2.75, 3.05) is 24.3 Å². The average Bonchev–Trinajstić information content (AvgIpc) is 2.73. The Hall–Kier alpha value is -2.59. The van der Waals surface area contributed by atoms with E-state index < -0.39 is 33.6 Å². The molecule has 0 bridgehead atoms. The second-order valence-corrected chi connectivity index (χ2v) is 9.53. The SMILES string of the molecule is C[C@H](OC(=O)CCS(=O)(=O)c1ccc2c(c1)OCCO2)C(=O)Nc1ccc(Br)cc1. The van der Waals surface area contributed by atoms with E-state index in [0.717, 1.165) is 4.47 Å². The number of halogens is 1. The number of benzene rings is 2. The number of carbonyl (C=O) groups excluding carboxylic acids is 2. The summed E-state index contributed by atoms with van der Waals surface area (Å²) < 4.78 is 41.7. The fraction of sp³-hybridized carbons (Fsp3) is 0.300. The van der Waals surface area contributed by atoms with E-state index in [1.54, 1.807) is 24.3 Å². The molecule has 1 aliphatic rings. The van der Waals surface area contributed by atoms with Crippen molar-refractivity contribution in [3.05, 3.63) is 46.9 Å². The molecule has 1 heterocycles. The van der Waals surface area contributed by atoms with Crippen LogP contribution in [0.25, 0.3) is 0 Å². The molecule has 0 aromatic heterocycles. The van der Waals surface area contributed by atoms with Gasteiger partial charge in [0.2, 0.25) is 0 Å². The Morgan fingerprint density at radius 1 is 1.10 bits per heavy atom. The first-order chi connectivity index (χ1) is 14.2. The van der Waals surface area contributed by atoms with E-state index >= 15 is 0 Å². The smallest absolute Gasteiger partial charge is 0.307 e. The normalized spacial score (nSPS) is 13.9. The lowest BCUT2D eigenvalue weighted by Crippen LogP contribution is -2.30. The van der Waals surface area contributed by atoms with E-state index in [-0.39, 0.29) is 11.3 Å². The number of hydrogen-bond acceptors (Lipinski definition) is 7. The summed E-state index contributed by atoms with van der Waals surface area (Å²) in [5.74, 6) is -0.921. The van der Waals surface area contributed by atoms with Crippen LogP contribution in [0.15, 0.2) is 51.8 Å². The highest BCUT2D eigenvalue weighted by molar-refractivity contribution is 9.10. The van der Waals surface area contributed by atoms with Gasteiger partial charge >= 0.3 is 5.97 Å². The molecule has 2 aromatic carbocycles. The van der Waals surface area contributed by atoms with Gasteiger partial charge in [-0.05, 0) is 43.3 Å². The van der Waals surface area contributed by atoms with Crippen LogP contribution in [0, 0.1) is 0 Å². The Morgan fingerprint density at radius 3 is 2.47 bits per heavy atom. The summed E-state index contributed by atoms with van der Waals surface area (Å²) >= 11 is 3.30. The van der Waals surface area contributed by atoms with Gasteiger partial charge in [-0.1, -0.05) is 15.9 Å². The number of hydrogen-bond donors (Lipinski definition) is 1. The monoisotopic (exact) mass is 497 g/mol. The van der Waals surface area contributed by atoms with Crippen LogP contribution in [-0.4, -0.2) is 45.4 Å². The largest absolute Gasteiger partial charge is 0.486 e. The van der Waals surface area contributed by atoms with Gasteiger partial charge in [0.15, 0.2) is 27.4 Å². The van der Waals surface area contributed by atoms with E-state index in [9.17, 15) is 18.0 Å². The number of rotatable bonds is 7. The quantitative estimate of drug-likeness (QED) is 0.585. The van der Waals surface area contributed by atoms with Crippen LogP contribution in [0.5, 0.6) is 11.5 Å². The number of anilines is 1. The van der Waals surface area contributed by atoms with Gasteiger partial charge in [-0.15, -0.1) is 0 Å². The molecule has 160 valence electrons. The highest BCUT2D eigenvalue weighted by atomic mass is 79.9. The molecular formula is C20H20BrNO7S. The molecule has 1 atom stereocenters. The van der Waals surface area contributed by atoms with E-state index in [1.807, 2.05) is 0 Å². The summed E-state index contributed by atoms with van der Waals surface area (Å²) in [6.07, 6.45) is -1.45. The second kappa shape index (κ2) is 9.48. The highest BCUT2D eigenvalue weighted by Crippen LogP contribution is 2.32. The summed E-state index contributed by atoms with van der Waals surface area (Å²) in [5.41, 5.74) is 0.548. The molecule has 1 amide bonds. The van der Waals surface area contributed by atoms with E-state index in [0.29, 0.717) is 30.4 Å². The average molecular weight is 498 g/mol. The maximum atomic E-state index is 12.5. The van der Waals surface area contributed by atoms with Crippen LogP contribution in [0.1, 0.15) is 13.3 Å². The molecule has 1 N–H and O–H groups in total. The molecular weight excluding hydrogens is 478 g/mol. The molecule has 0 radical (unpaired) electrons. The molecule has 0 saturated carbocycles. The lowest BCUT2D eigenvalue weighted by Gasteiger charge is -2.18. The van der Waals surface area contributed by atoms with Crippen molar-refractivity contribution >= 4 is 43.3 Å². The van der Waals surface area contributed by atoms with Gasteiger partial charge in [0, 0.05) is 16.2 Å². The molecule has 2 aromatic rings. The molecule has 8 nitrogen and oxygen atoms in total. The first-order valence-corrected chi connectivity index (χ1v) is 11.6. The van der Waals surface area contributed by atoms with Crippen LogP contribution in [0.3, 0.4) is 0 Å². The van der Waals surface area contributed by atoms with Crippen LogP contribution in [0.4, 0.5) is 5.69 Å². The maximum Gasteiger partial charge on any atom is 0.307 e. The predicted molar refractivity (Wildman–Crippen MR) is 112 cm³/mol. The van der Waals surface area contributed by atoms with Crippen LogP contribution in [-0.2, 0) is 24.2 Å². The molecule has 10 heteroatoms. The summed E-state index contributed by atoms with van der Waals surface area (Å²) in [6, 6.07) is 11.2. The van der Waals surface area contributed by atoms with E-state index in [2.05, 4.69) is 21.2 Å². The Balaban J connectivity index is 1.52. The van der Waals surface area contributed by atoms with Crippen molar-refractivity contribution < 1.29 is 32.2 Å². The lowest BCUT2D eigenvalue weighted by molar-refractivity contribution is -0.152. The number of ether oxygens (including phenoxy) is 3. The third-order valence-corrected chi connectivity index (χ3v) is 6.48. The van der Waals surface area contributed by atoms with Crippen molar-refractivity contribution in [2.24, 2.45) is 0 Å². The standard InChI is InChI=1S/C20H20BrNO7S/c1-13(20(24)22-15-4-2-14(21)3-5-15)29-19(23)8-11-30(25,26)16-6-7-17-18(12-16)28-10-9-27-17/h2-7,12-13H,8-11H2,1H3,(H,22,24)/t13-/m0/s1. The molecule has 0 aliphatic carbocycles. The number of amides is 1. The topological polar surface area (TPSA) is 108 Å². The van der Waals surface area contributed by atoms with Crippen LogP contribution >= 0.6 is 15.9 Å². The Labute approximate surface area is 182 Å². The van der Waals surface area contributed by atoms with Gasteiger partial charge in [0.05, 0.1) is 17.1 Å². The molecule has 0 spiro atoms. The van der Waals surface area contributed by atoms with Gasteiger partial charge in [0.25, 0.3) is 5.91 Å². The first-order valence-electron chi connectivity index (χ1n) is 9.13. The molecule has 0 fully saturated rings. The van der Waals surface area contributed by atoms with E-state index in [1.165, 1.54) is 25.1 Å². The van der Waals surface area contributed by atoms with Gasteiger partial charge in [-0.3, -0.25) is 9.59 Å². The Kier molecular flexibility index (Phi) is 6.99. The minimum atomic E-state index is -3.74. The third-order valence-electron chi connectivity index (χ3n) is 4.24. The van der Waals surface area contributed by atoms with Crippen molar-refractivity contribution in [3.63, 3.8) is 0 Å². The number of nitrogens with one attached hydrogen (secondary N) is 1. The van der Waals surface area contributed by atoms with Crippen LogP contribution in [0.2, 0.25) is 0 Å². The number of sulfone groups is 1. The lowest BCUT2D eigenvalue weighted by atomic mass is 10.3. The minimum absolute atomic E-state index is 0.0283. The van der Waals surface area contributed by atoms with E-state index in [4.69, 9.17) is 14.2 Å². The zero-order valence-corrected chi connectivity index (χ0v) is 18.5. The van der Waals surface area contributed by atoms with Crippen molar-refractivity contribution in [2.45, 2.75) is 24.3 Å². The Bertz CT molecular complexity index is 1040. The third kappa shape index (κ3) is 5.73. The van der Waals surface area contributed by atoms with Crippen molar-refractivity contribution in [1.82, 2.24) is 0 Å². The molecule has 0 unspecified atom stereocenters. The number of fused-ring (bicyclic) bond motifs is 1. The fourth-order valence-corrected chi connectivity index (χ4v) is 4.14. The summed E-state index contributed by atoms with van der Waals surface area (Å²) in [6.45, 7) is 2.16. The number of esters is 1. The molecule has 1 aliphatic heterocycles. The molecule has 0 saturated heterocycles. The summed E-state index contributed by atoms with van der Waals surface area (Å²) in [7, 11) is -3.74. The predicted octanol–water partition coefficient (Wildman–Crippen LogP) is 2.95. The first kappa shape index (κ1) is 22.1. The van der Waals surface area contributed by atoms with Gasteiger partial charge in [-0.2, -0.15) is 0 Å². The summed E-state index contributed by atoms with van der Waals surface area (Å²) in [4.78, 5) is 24.2. The Morgan fingerprint density at radius 2 is 1.77 bits per heavy atom. The minimum Gasteiger partial charge on any atom is -0.486 e. The van der Waals surface area contributed by atoms with Crippen molar-refractivity contribution in [1.29, 1.82) is 0 Å². The van der Waals surface area contributed by atoms with Crippen molar-refractivity contribution in [3.8, 4) is 11.5 Å². The molecule has 30 heavy (non-hydrogen) atoms. The zero-order chi connectivity index (χ0) is 21.7. The second-order valence-electron chi connectivity index (χ2n) is 6.50. The molecule has 3 rings (SSSR count).